The molecule has 2 aliphatic heterocycles. The van der Waals surface area contributed by atoms with Gasteiger partial charge in [-0.15, -0.1) is 0 Å². The molecule has 2 aliphatic rings. The van der Waals surface area contributed by atoms with Gasteiger partial charge in [-0.3, -0.25) is 0 Å². The van der Waals surface area contributed by atoms with Crippen LogP contribution in [0, 0.1) is 5.41 Å². The van der Waals surface area contributed by atoms with Crippen molar-refractivity contribution >= 4 is 6.03 Å². The van der Waals surface area contributed by atoms with Gasteiger partial charge < -0.3 is 19.7 Å². The van der Waals surface area contributed by atoms with Crippen molar-refractivity contribution in [3.63, 3.8) is 0 Å². The van der Waals surface area contributed by atoms with Gasteiger partial charge in [-0.05, 0) is 19.4 Å². The molecular formula is C16H22N2O3. The van der Waals surface area contributed by atoms with Gasteiger partial charge in [0.05, 0.1) is 18.6 Å². The van der Waals surface area contributed by atoms with E-state index in [1.165, 1.54) is 0 Å². The molecule has 3 rings (SSSR count). The lowest BCUT2D eigenvalue weighted by molar-refractivity contribution is -0.301. The predicted molar refractivity (Wildman–Crippen MR) is 78.7 cm³/mol. The Kier molecular flexibility index (Phi) is 3.63. The number of nitrogens with zero attached hydrogens (tertiary/aromatic N) is 1. The van der Waals surface area contributed by atoms with Crippen LogP contribution in [0.5, 0.6) is 0 Å². The summed E-state index contributed by atoms with van der Waals surface area (Å²) in [5, 5.41) is 2.94. The molecule has 2 saturated heterocycles. The van der Waals surface area contributed by atoms with Crippen molar-refractivity contribution in [1.29, 1.82) is 0 Å². The zero-order chi connectivity index (χ0) is 14.9. The first-order valence-corrected chi connectivity index (χ1v) is 7.33. The minimum absolute atomic E-state index is 0.0143. The number of carbonyl (C=O) groups is 1. The SMILES string of the molecule is CC1(C)OCC2(CO1)CN(C(=O)NCc1ccccc1)C2. The highest BCUT2D eigenvalue weighted by Gasteiger charge is 2.50. The minimum Gasteiger partial charge on any atom is -0.350 e. The van der Waals surface area contributed by atoms with Crippen molar-refractivity contribution in [2.45, 2.75) is 26.2 Å². The molecule has 0 saturated carbocycles. The zero-order valence-corrected chi connectivity index (χ0v) is 12.6. The molecule has 1 aromatic carbocycles. The molecule has 0 aliphatic carbocycles. The lowest BCUT2D eigenvalue weighted by Gasteiger charge is -2.53. The van der Waals surface area contributed by atoms with Crippen LogP contribution in [-0.2, 0) is 16.0 Å². The Morgan fingerprint density at radius 3 is 2.43 bits per heavy atom. The standard InChI is InChI=1S/C16H22N2O3/c1-15(2)20-11-16(12-21-15)9-18(10-16)14(19)17-8-13-6-4-3-5-7-13/h3-7H,8-12H2,1-2H3,(H,17,19). The van der Waals surface area contributed by atoms with Gasteiger partial charge >= 0.3 is 6.03 Å². The van der Waals surface area contributed by atoms with Crippen molar-refractivity contribution in [2.75, 3.05) is 26.3 Å². The Morgan fingerprint density at radius 1 is 1.19 bits per heavy atom. The fourth-order valence-corrected chi connectivity index (χ4v) is 2.71. The molecule has 2 heterocycles. The van der Waals surface area contributed by atoms with Gasteiger partial charge in [-0.1, -0.05) is 30.3 Å². The highest BCUT2D eigenvalue weighted by atomic mass is 16.7. The summed E-state index contributed by atoms with van der Waals surface area (Å²) in [7, 11) is 0. The van der Waals surface area contributed by atoms with E-state index in [2.05, 4.69) is 5.32 Å². The molecule has 0 radical (unpaired) electrons. The molecule has 21 heavy (non-hydrogen) atoms. The van der Waals surface area contributed by atoms with E-state index in [0.29, 0.717) is 32.8 Å². The largest absolute Gasteiger partial charge is 0.350 e. The number of carbonyl (C=O) groups excluding carboxylic acids is 1. The first-order valence-electron chi connectivity index (χ1n) is 7.33. The van der Waals surface area contributed by atoms with Crippen LogP contribution in [0.3, 0.4) is 0 Å². The van der Waals surface area contributed by atoms with E-state index < -0.39 is 5.79 Å². The van der Waals surface area contributed by atoms with Gasteiger partial charge in [0.15, 0.2) is 5.79 Å². The Bertz CT molecular complexity index is 498. The van der Waals surface area contributed by atoms with Crippen molar-refractivity contribution in [3.05, 3.63) is 35.9 Å². The summed E-state index contributed by atoms with van der Waals surface area (Å²) >= 11 is 0. The Labute approximate surface area is 125 Å². The number of hydrogen-bond donors (Lipinski definition) is 1. The quantitative estimate of drug-likeness (QED) is 0.906. The third-order valence-corrected chi connectivity index (χ3v) is 4.08. The summed E-state index contributed by atoms with van der Waals surface area (Å²) in [6.07, 6.45) is 0. The lowest BCUT2D eigenvalue weighted by atomic mass is 9.81. The van der Waals surface area contributed by atoms with Crippen LogP contribution in [0.2, 0.25) is 0 Å². The molecule has 2 amide bonds. The summed E-state index contributed by atoms with van der Waals surface area (Å²) in [6.45, 7) is 7.10. The van der Waals surface area contributed by atoms with Crippen LogP contribution >= 0.6 is 0 Å². The second kappa shape index (κ2) is 5.31. The first-order chi connectivity index (χ1) is 9.98. The Morgan fingerprint density at radius 2 is 1.81 bits per heavy atom. The Hall–Kier alpha value is -1.59. The summed E-state index contributed by atoms with van der Waals surface area (Å²) in [5.74, 6) is -0.499. The van der Waals surface area contributed by atoms with Crippen LogP contribution in [-0.4, -0.2) is 43.0 Å². The van der Waals surface area contributed by atoms with Gasteiger partial charge in [0.2, 0.25) is 0 Å². The molecule has 114 valence electrons. The van der Waals surface area contributed by atoms with Crippen molar-refractivity contribution in [1.82, 2.24) is 10.2 Å². The highest BCUT2D eigenvalue weighted by Crippen LogP contribution is 2.37. The molecule has 1 spiro atoms. The van der Waals surface area contributed by atoms with Gasteiger partial charge in [-0.2, -0.15) is 0 Å². The molecule has 0 aromatic heterocycles. The van der Waals surface area contributed by atoms with Crippen molar-refractivity contribution < 1.29 is 14.3 Å². The highest BCUT2D eigenvalue weighted by molar-refractivity contribution is 5.75. The van der Waals surface area contributed by atoms with Gasteiger partial charge in [0.25, 0.3) is 0 Å². The average Bonchev–Trinajstić information content (AvgIpc) is 2.44. The van der Waals surface area contributed by atoms with E-state index in [4.69, 9.17) is 9.47 Å². The molecule has 0 bridgehead atoms. The van der Waals surface area contributed by atoms with Gasteiger partial charge in [-0.25, -0.2) is 4.79 Å². The number of urea groups is 1. The second-order valence-electron chi connectivity index (χ2n) is 6.48. The molecule has 0 atom stereocenters. The molecule has 5 heteroatoms. The van der Waals surface area contributed by atoms with Gasteiger partial charge in [0.1, 0.15) is 0 Å². The maximum Gasteiger partial charge on any atom is 0.317 e. The smallest absolute Gasteiger partial charge is 0.317 e. The summed E-state index contributed by atoms with van der Waals surface area (Å²) in [6, 6.07) is 9.90. The second-order valence-corrected chi connectivity index (χ2v) is 6.48. The fraction of sp³-hybridized carbons (Fsp3) is 0.562. The fourth-order valence-electron chi connectivity index (χ4n) is 2.71. The number of benzene rings is 1. The average molecular weight is 290 g/mol. The molecule has 1 aromatic rings. The maximum absolute atomic E-state index is 12.1. The van der Waals surface area contributed by atoms with Crippen molar-refractivity contribution in [3.8, 4) is 0 Å². The number of nitrogens with one attached hydrogen (secondary N) is 1. The number of likely N-dealkylation sites (tertiary alicyclic amines) is 1. The summed E-state index contributed by atoms with van der Waals surface area (Å²) in [4.78, 5) is 13.9. The monoisotopic (exact) mass is 290 g/mol. The van der Waals surface area contributed by atoms with Crippen LogP contribution in [0.25, 0.3) is 0 Å². The third kappa shape index (κ3) is 3.19. The van der Waals surface area contributed by atoms with E-state index in [9.17, 15) is 4.79 Å². The summed E-state index contributed by atoms with van der Waals surface area (Å²) < 4.78 is 11.4. The van der Waals surface area contributed by atoms with E-state index >= 15 is 0 Å². The third-order valence-electron chi connectivity index (χ3n) is 4.08. The molecule has 2 fully saturated rings. The predicted octanol–water partition coefficient (Wildman–Crippen LogP) is 1.98. The molecule has 1 N–H and O–H groups in total. The summed E-state index contributed by atoms with van der Waals surface area (Å²) in [5.41, 5.74) is 1.09. The molecular weight excluding hydrogens is 268 g/mol. The molecule has 0 unspecified atom stereocenters. The maximum atomic E-state index is 12.1. The minimum atomic E-state index is -0.499. The molecule has 5 nitrogen and oxygen atoms in total. The van der Waals surface area contributed by atoms with Crippen LogP contribution in [0.15, 0.2) is 30.3 Å². The zero-order valence-electron chi connectivity index (χ0n) is 12.6. The van der Waals surface area contributed by atoms with Crippen molar-refractivity contribution in [2.24, 2.45) is 5.41 Å². The van der Waals surface area contributed by atoms with Gasteiger partial charge in [0, 0.05) is 19.6 Å². The number of ether oxygens (including phenoxy) is 2. The first kappa shape index (κ1) is 14.4. The van der Waals surface area contributed by atoms with Crippen LogP contribution in [0.1, 0.15) is 19.4 Å². The number of rotatable bonds is 2. The topological polar surface area (TPSA) is 50.8 Å². The van der Waals surface area contributed by atoms with E-state index in [1.807, 2.05) is 49.1 Å². The van der Waals surface area contributed by atoms with Crippen LogP contribution < -0.4 is 5.32 Å². The Balaban J connectivity index is 1.45. The van der Waals surface area contributed by atoms with Crippen LogP contribution in [0.4, 0.5) is 4.79 Å². The number of hydrogen-bond acceptors (Lipinski definition) is 3. The lowest BCUT2D eigenvalue weighted by Crippen LogP contribution is -2.67. The normalized spacial score (nSPS) is 22.7. The van der Waals surface area contributed by atoms with E-state index in [0.717, 1.165) is 5.56 Å². The van der Waals surface area contributed by atoms with E-state index in [1.54, 1.807) is 0 Å². The van der Waals surface area contributed by atoms with E-state index in [-0.39, 0.29) is 11.4 Å². The number of amides is 2.